The molecule has 3 atom stereocenters. The molecule has 0 aliphatic carbocycles. The predicted octanol–water partition coefficient (Wildman–Crippen LogP) is 2.08. The minimum Gasteiger partial charge on any atom is -0.481 e. The van der Waals surface area contributed by atoms with Crippen LogP contribution in [-0.4, -0.2) is 40.4 Å². The van der Waals surface area contributed by atoms with E-state index in [-0.39, 0.29) is 25.7 Å². The molecule has 7 nitrogen and oxygen atoms in total. The molecular formula is C16H22O7S. The largest absolute Gasteiger partial charge is 0.481 e. The third kappa shape index (κ3) is 5.93. The number of aliphatic carboxylic acids is 2. The van der Waals surface area contributed by atoms with Gasteiger partial charge in [0.05, 0.1) is 11.2 Å². The summed E-state index contributed by atoms with van der Waals surface area (Å²) < 4.78 is 32.9. The van der Waals surface area contributed by atoms with Crippen molar-refractivity contribution < 1.29 is 32.8 Å². The predicted molar refractivity (Wildman–Crippen MR) is 87.3 cm³/mol. The van der Waals surface area contributed by atoms with Gasteiger partial charge in [0.1, 0.15) is 0 Å². The zero-order valence-corrected chi connectivity index (χ0v) is 14.1. The molecule has 3 unspecified atom stereocenters. The lowest BCUT2D eigenvalue weighted by Gasteiger charge is -2.29. The highest BCUT2D eigenvalue weighted by Gasteiger charge is 2.39. The number of rotatable bonds is 10. The molecule has 24 heavy (non-hydrogen) atoms. The molecule has 0 radical (unpaired) electrons. The van der Waals surface area contributed by atoms with E-state index >= 15 is 0 Å². The summed E-state index contributed by atoms with van der Waals surface area (Å²) in [5.41, 5.74) is 0.728. The minimum absolute atomic E-state index is 0.0349. The van der Waals surface area contributed by atoms with E-state index in [1.807, 2.05) is 0 Å². The zero-order chi connectivity index (χ0) is 18.3. The molecule has 0 aromatic heterocycles. The van der Waals surface area contributed by atoms with E-state index in [0.717, 1.165) is 5.56 Å². The first-order chi connectivity index (χ1) is 11.2. The standard InChI is InChI=1S/C16H22O7S/c1-2-14(24(21,22)23)13(10-11-6-4-3-5-7-11)12(16(19)20)8-9-15(17)18/h3-7,12-14H,2,8-10H2,1H3,(H,17,18)(H,19,20)(H,21,22,23). The summed E-state index contributed by atoms with van der Waals surface area (Å²) in [5, 5.41) is 17.0. The first-order valence-corrected chi connectivity index (χ1v) is 9.12. The van der Waals surface area contributed by atoms with Crippen molar-refractivity contribution in [2.24, 2.45) is 11.8 Å². The highest BCUT2D eigenvalue weighted by molar-refractivity contribution is 7.86. The van der Waals surface area contributed by atoms with Crippen LogP contribution in [0.25, 0.3) is 0 Å². The molecule has 0 saturated carbocycles. The Labute approximate surface area is 141 Å². The van der Waals surface area contributed by atoms with E-state index < -0.39 is 39.1 Å². The van der Waals surface area contributed by atoms with Gasteiger partial charge in [-0.25, -0.2) is 0 Å². The van der Waals surface area contributed by atoms with Crippen molar-refractivity contribution in [1.29, 1.82) is 0 Å². The summed E-state index contributed by atoms with van der Waals surface area (Å²) in [7, 11) is -4.46. The maximum Gasteiger partial charge on any atom is 0.306 e. The second-order valence-electron chi connectivity index (χ2n) is 5.69. The van der Waals surface area contributed by atoms with Gasteiger partial charge < -0.3 is 10.2 Å². The van der Waals surface area contributed by atoms with Gasteiger partial charge in [0.2, 0.25) is 0 Å². The molecule has 1 rings (SSSR count). The molecule has 1 aromatic rings. The fourth-order valence-corrected chi connectivity index (χ4v) is 4.10. The van der Waals surface area contributed by atoms with Gasteiger partial charge in [-0.1, -0.05) is 37.3 Å². The molecule has 8 heteroatoms. The lowest BCUT2D eigenvalue weighted by molar-refractivity contribution is -0.145. The normalized spacial score (nSPS) is 15.4. The Bertz CT molecular complexity index is 654. The molecule has 1 aromatic carbocycles. The van der Waals surface area contributed by atoms with Crippen LogP contribution in [0.1, 0.15) is 31.7 Å². The Morgan fingerprint density at radius 3 is 2.12 bits per heavy atom. The van der Waals surface area contributed by atoms with Gasteiger partial charge in [-0.3, -0.25) is 14.1 Å². The molecule has 0 amide bonds. The van der Waals surface area contributed by atoms with Crippen LogP contribution >= 0.6 is 0 Å². The molecule has 0 saturated heterocycles. The second-order valence-corrected chi connectivity index (χ2v) is 7.33. The quantitative estimate of drug-likeness (QED) is 0.546. The summed E-state index contributed by atoms with van der Waals surface area (Å²) in [6, 6.07) is 8.74. The van der Waals surface area contributed by atoms with Gasteiger partial charge in [0.25, 0.3) is 10.1 Å². The monoisotopic (exact) mass is 358 g/mol. The van der Waals surface area contributed by atoms with Crippen LogP contribution in [0.2, 0.25) is 0 Å². The Hall–Kier alpha value is -1.93. The van der Waals surface area contributed by atoms with Crippen LogP contribution in [0.3, 0.4) is 0 Å². The van der Waals surface area contributed by atoms with Gasteiger partial charge in [-0.05, 0) is 30.7 Å². The van der Waals surface area contributed by atoms with E-state index in [4.69, 9.17) is 5.11 Å². The third-order valence-corrected chi connectivity index (χ3v) is 5.53. The third-order valence-electron chi connectivity index (χ3n) is 4.08. The van der Waals surface area contributed by atoms with E-state index in [0.29, 0.717) is 0 Å². The van der Waals surface area contributed by atoms with Crippen LogP contribution in [0.15, 0.2) is 30.3 Å². The number of benzene rings is 1. The van der Waals surface area contributed by atoms with E-state index in [1.54, 1.807) is 37.3 Å². The molecule has 0 spiro atoms. The first-order valence-electron chi connectivity index (χ1n) is 7.61. The Balaban J connectivity index is 3.22. The summed E-state index contributed by atoms with van der Waals surface area (Å²) in [6.07, 6.45) is -0.429. The summed E-state index contributed by atoms with van der Waals surface area (Å²) in [6.45, 7) is 1.55. The van der Waals surface area contributed by atoms with Crippen LogP contribution in [-0.2, 0) is 26.1 Å². The summed E-state index contributed by atoms with van der Waals surface area (Å²) >= 11 is 0. The lowest BCUT2D eigenvalue weighted by atomic mass is 9.80. The average Bonchev–Trinajstić information content (AvgIpc) is 2.46. The van der Waals surface area contributed by atoms with Crippen molar-refractivity contribution in [2.45, 2.75) is 37.9 Å². The SMILES string of the molecule is CCC(C(Cc1ccccc1)C(CCC(=O)O)C(=O)O)S(=O)(=O)O. The van der Waals surface area contributed by atoms with Crippen molar-refractivity contribution >= 4 is 22.1 Å². The Kier molecular flexibility index (Phi) is 7.37. The molecule has 3 N–H and O–H groups in total. The number of carboxylic acids is 2. The summed E-state index contributed by atoms with van der Waals surface area (Å²) in [4.78, 5) is 22.4. The number of carboxylic acid groups (broad SMARTS) is 2. The fourth-order valence-electron chi connectivity index (χ4n) is 2.95. The second kappa shape index (κ2) is 8.79. The fraction of sp³-hybridized carbons (Fsp3) is 0.500. The van der Waals surface area contributed by atoms with Crippen LogP contribution in [0, 0.1) is 11.8 Å². The highest BCUT2D eigenvalue weighted by Crippen LogP contribution is 2.31. The summed E-state index contributed by atoms with van der Waals surface area (Å²) in [5.74, 6) is -4.53. The highest BCUT2D eigenvalue weighted by atomic mass is 32.2. The van der Waals surface area contributed by atoms with Crippen molar-refractivity contribution in [1.82, 2.24) is 0 Å². The maximum absolute atomic E-state index is 11.7. The molecular weight excluding hydrogens is 336 g/mol. The smallest absolute Gasteiger partial charge is 0.306 e. The average molecular weight is 358 g/mol. The van der Waals surface area contributed by atoms with Crippen molar-refractivity contribution in [3.63, 3.8) is 0 Å². The Morgan fingerprint density at radius 2 is 1.71 bits per heavy atom. The van der Waals surface area contributed by atoms with E-state index in [1.165, 1.54) is 0 Å². The van der Waals surface area contributed by atoms with Crippen molar-refractivity contribution in [3.05, 3.63) is 35.9 Å². The Morgan fingerprint density at radius 1 is 1.12 bits per heavy atom. The van der Waals surface area contributed by atoms with Gasteiger partial charge in [0, 0.05) is 6.42 Å². The molecule has 0 heterocycles. The molecule has 0 aliphatic rings. The molecule has 134 valence electrons. The zero-order valence-electron chi connectivity index (χ0n) is 13.3. The van der Waals surface area contributed by atoms with Crippen LogP contribution < -0.4 is 0 Å². The first kappa shape index (κ1) is 20.1. The number of carbonyl (C=O) groups is 2. The number of hydrogen-bond acceptors (Lipinski definition) is 4. The van der Waals surface area contributed by atoms with E-state index in [2.05, 4.69) is 0 Å². The van der Waals surface area contributed by atoms with Gasteiger partial charge in [0.15, 0.2) is 0 Å². The number of hydrogen-bond donors (Lipinski definition) is 3. The van der Waals surface area contributed by atoms with Gasteiger partial charge >= 0.3 is 11.9 Å². The molecule has 0 bridgehead atoms. The van der Waals surface area contributed by atoms with Crippen molar-refractivity contribution in [2.75, 3.05) is 0 Å². The van der Waals surface area contributed by atoms with Crippen molar-refractivity contribution in [3.8, 4) is 0 Å². The molecule has 0 fully saturated rings. The minimum atomic E-state index is -4.46. The van der Waals surface area contributed by atoms with Gasteiger partial charge in [-0.15, -0.1) is 0 Å². The topological polar surface area (TPSA) is 129 Å². The van der Waals surface area contributed by atoms with Crippen LogP contribution in [0.4, 0.5) is 0 Å². The van der Waals surface area contributed by atoms with Gasteiger partial charge in [-0.2, -0.15) is 8.42 Å². The maximum atomic E-state index is 11.7. The molecule has 0 aliphatic heterocycles. The van der Waals surface area contributed by atoms with E-state index in [9.17, 15) is 27.7 Å². The van der Waals surface area contributed by atoms with Crippen LogP contribution in [0.5, 0.6) is 0 Å². The lowest BCUT2D eigenvalue weighted by Crippen LogP contribution is -2.39.